The number of fused-ring (bicyclic) bond motifs is 3. The summed E-state index contributed by atoms with van der Waals surface area (Å²) in [6.07, 6.45) is 2.06. The summed E-state index contributed by atoms with van der Waals surface area (Å²) in [5, 5.41) is -0.573. The summed E-state index contributed by atoms with van der Waals surface area (Å²) < 4.78 is 31.1. The van der Waals surface area contributed by atoms with Crippen molar-refractivity contribution >= 4 is 21.7 Å². The fraction of sp³-hybridized carbons (Fsp3) is 0.737. The molecule has 1 aromatic rings. The third-order valence-corrected chi connectivity index (χ3v) is 7.76. The normalized spacial score (nSPS) is 26.7. The molecule has 0 saturated carbocycles. The maximum Gasteiger partial charge on any atom is 0.225 e. The van der Waals surface area contributed by atoms with Crippen LogP contribution in [0.15, 0.2) is 6.20 Å². The molecule has 9 heteroatoms. The zero-order valence-electron chi connectivity index (χ0n) is 16.7. The molecule has 0 unspecified atom stereocenters. The average molecular weight is 409 g/mol. The molecular weight excluding hydrogens is 380 g/mol. The minimum absolute atomic E-state index is 0.0149. The minimum atomic E-state index is -3.33. The van der Waals surface area contributed by atoms with Gasteiger partial charge >= 0.3 is 0 Å². The van der Waals surface area contributed by atoms with E-state index in [0.29, 0.717) is 37.7 Å². The Morgan fingerprint density at radius 1 is 1.25 bits per heavy atom. The smallest absolute Gasteiger partial charge is 0.225 e. The molecular formula is C19H28N4O4S. The van der Waals surface area contributed by atoms with E-state index in [-0.39, 0.29) is 29.5 Å². The van der Waals surface area contributed by atoms with Crippen LogP contribution in [-0.2, 0) is 25.1 Å². The second kappa shape index (κ2) is 6.95. The number of carbonyl (C=O) groups is 1. The molecule has 28 heavy (non-hydrogen) atoms. The monoisotopic (exact) mass is 408 g/mol. The highest BCUT2D eigenvalue weighted by molar-refractivity contribution is 7.91. The Morgan fingerprint density at radius 3 is 2.64 bits per heavy atom. The van der Waals surface area contributed by atoms with E-state index in [1.165, 1.54) is 0 Å². The van der Waals surface area contributed by atoms with Gasteiger partial charge in [0.15, 0.2) is 9.84 Å². The summed E-state index contributed by atoms with van der Waals surface area (Å²) in [6, 6.07) is 0. The van der Waals surface area contributed by atoms with Crippen molar-refractivity contribution in [2.24, 2.45) is 5.41 Å². The molecule has 0 bridgehead atoms. The van der Waals surface area contributed by atoms with Crippen LogP contribution >= 0.6 is 0 Å². The Morgan fingerprint density at radius 2 is 1.96 bits per heavy atom. The van der Waals surface area contributed by atoms with E-state index in [1.54, 1.807) is 11.1 Å². The Labute approximate surface area is 166 Å². The zero-order valence-corrected chi connectivity index (χ0v) is 17.5. The predicted molar refractivity (Wildman–Crippen MR) is 105 cm³/mol. The summed E-state index contributed by atoms with van der Waals surface area (Å²) in [5.74, 6) is 0.315. The lowest BCUT2D eigenvalue weighted by atomic mass is 9.91. The van der Waals surface area contributed by atoms with E-state index in [1.807, 2.05) is 20.8 Å². The van der Waals surface area contributed by atoms with Gasteiger partial charge in [-0.2, -0.15) is 0 Å². The quantitative estimate of drug-likeness (QED) is 0.720. The van der Waals surface area contributed by atoms with Crippen molar-refractivity contribution in [3.63, 3.8) is 0 Å². The number of hydrogen-bond acceptors (Lipinski definition) is 7. The highest BCUT2D eigenvalue weighted by atomic mass is 32.2. The molecule has 154 valence electrons. The first-order chi connectivity index (χ1) is 13.1. The van der Waals surface area contributed by atoms with Gasteiger partial charge in [0, 0.05) is 50.3 Å². The molecule has 0 N–H and O–H groups in total. The van der Waals surface area contributed by atoms with Crippen molar-refractivity contribution in [1.29, 1.82) is 0 Å². The maximum atomic E-state index is 12.8. The summed E-state index contributed by atoms with van der Waals surface area (Å²) in [7, 11) is -3.33. The van der Waals surface area contributed by atoms with E-state index in [9.17, 15) is 13.2 Å². The van der Waals surface area contributed by atoms with Crippen LogP contribution in [0.4, 0.5) is 5.95 Å². The van der Waals surface area contributed by atoms with Gasteiger partial charge < -0.3 is 14.5 Å². The molecule has 0 aliphatic carbocycles. The van der Waals surface area contributed by atoms with Gasteiger partial charge in [0.2, 0.25) is 11.9 Å². The molecule has 2 atom stereocenters. The largest absolute Gasteiger partial charge is 0.378 e. The SMILES string of the molecule is CC(C)(C)CC(=O)N1C[C@H]2c3nc(N4CCOCC4)ncc3CS(=O)(=O)[C@H]2C1. The van der Waals surface area contributed by atoms with Crippen LogP contribution in [0.5, 0.6) is 0 Å². The molecule has 2 saturated heterocycles. The zero-order chi connectivity index (χ0) is 20.1. The minimum Gasteiger partial charge on any atom is -0.378 e. The van der Waals surface area contributed by atoms with E-state index in [4.69, 9.17) is 9.72 Å². The molecule has 2 fully saturated rings. The van der Waals surface area contributed by atoms with E-state index in [2.05, 4.69) is 9.88 Å². The molecule has 3 aliphatic heterocycles. The van der Waals surface area contributed by atoms with Crippen molar-refractivity contribution < 1.29 is 17.9 Å². The van der Waals surface area contributed by atoms with Crippen molar-refractivity contribution in [1.82, 2.24) is 14.9 Å². The number of likely N-dealkylation sites (tertiary alicyclic amines) is 1. The second-order valence-corrected chi connectivity index (χ2v) is 11.4. The van der Waals surface area contributed by atoms with Gasteiger partial charge in [0.1, 0.15) is 0 Å². The number of hydrogen-bond donors (Lipinski definition) is 0. The fourth-order valence-corrected chi connectivity index (χ4v) is 6.24. The number of ether oxygens (including phenoxy) is 1. The van der Waals surface area contributed by atoms with Crippen molar-refractivity contribution in [2.75, 3.05) is 44.3 Å². The van der Waals surface area contributed by atoms with Gasteiger partial charge in [0.25, 0.3) is 0 Å². The van der Waals surface area contributed by atoms with Crippen LogP contribution in [0.25, 0.3) is 0 Å². The number of rotatable bonds is 2. The second-order valence-electron chi connectivity index (χ2n) is 9.17. The number of sulfone groups is 1. The Kier molecular flexibility index (Phi) is 4.86. The van der Waals surface area contributed by atoms with Crippen LogP contribution in [-0.4, -0.2) is 73.8 Å². The van der Waals surface area contributed by atoms with Gasteiger partial charge in [-0.1, -0.05) is 20.8 Å². The molecule has 8 nitrogen and oxygen atoms in total. The number of anilines is 1. The number of nitrogens with zero attached hydrogens (tertiary/aromatic N) is 4. The third-order valence-electron chi connectivity index (χ3n) is 5.65. The number of amides is 1. The number of morpholine rings is 1. The third kappa shape index (κ3) is 3.74. The highest BCUT2D eigenvalue weighted by Gasteiger charge is 2.48. The van der Waals surface area contributed by atoms with Gasteiger partial charge in [-0.05, 0) is 5.41 Å². The summed E-state index contributed by atoms with van der Waals surface area (Å²) in [6.45, 7) is 9.43. The highest BCUT2D eigenvalue weighted by Crippen LogP contribution is 2.40. The molecule has 0 spiro atoms. The lowest BCUT2D eigenvalue weighted by molar-refractivity contribution is -0.132. The first-order valence-corrected chi connectivity index (χ1v) is 11.5. The van der Waals surface area contributed by atoms with E-state index >= 15 is 0 Å². The summed E-state index contributed by atoms with van der Waals surface area (Å²) in [5.41, 5.74) is 1.33. The van der Waals surface area contributed by atoms with Crippen LogP contribution in [0, 0.1) is 5.41 Å². The number of aromatic nitrogens is 2. The predicted octanol–water partition coefficient (Wildman–Crippen LogP) is 0.972. The Balaban J connectivity index is 1.63. The molecule has 4 heterocycles. The Bertz CT molecular complexity index is 874. The van der Waals surface area contributed by atoms with Crippen molar-refractivity contribution in [2.45, 2.75) is 44.1 Å². The number of carbonyl (C=O) groups excluding carboxylic acids is 1. The molecule has 1 aromatic heterocycles. The van der Waals surface area contributed by atoms with Crippen molar-refractivity contribution in [3.8, 4) is 0 Å². The standard InChI is InChI=1S/C19H28N4O4S/c1-19(2,3)8-16(24)23-10-14-15(11-23)28(25,26)12-13-9-20-18(21-17(13)14)22-4-6-27-7-5-22/h9,14-15H,4-8,10-12H2,1-3H3/t14-,15+/m1/s1. The first kappa shape index (κ1) is 19.6. The lowest BCUT2D eigenvalue weighted by Gasteiger charge is -2.30. The Hall–Kier alpha value is -1.74. The van der Waals surface area contributed by atoms with Gasteiger partial charge in [-0.25, -0.2) is 18.4 Å². The van der Waals surface area contributed by atoms with Gasteiger partial charge in [0.05, 0.1) is 29.9 Å². The summed E-state index contributed by atoms with van der Waals surface area (Å²) in [4.78, 5) is 25.7. The van der Waals surface area contributed by atoms with Gasteiger partial charge in [-0.15, -0.1) is 0 Å². The van der Waals surface area contributed by atoms with E-state index in [0.717, 1.165) is 18.8 Å². The fourth-order valence-electron chi connectivity index (χ4n) is 4.25. The van der Waals surface area contributed by atoms with Crippen LogP contribution in [0.3, 0.4) is 0 Å². The molecule has 4 rings (SSSR count). The van der Waals surface area contributed by atoms with E-state index < -0.39 is 15.1 Å². The van der Waals surface area contributed by atoms with Crippen LogP contribution < -0.4 is 4.90 Å². The molecule has 1 amide bonds. The lowest BCUT2D eigenvalue weighted by Crippen LogP contribution is -2.39. The first-order valence-electron chi connectivity index (χ1n) is 9.82. The van der Waals surface area contributed by atoms with Crippen LogP contribution in [0.2, 0.25) is 0 Å². The maximum absolute atomic E-state index is 12.8. The van der Waals surface area contributed by atoms with Gasteiger partial charge in [-0.3, -0.25) is 4.79 Å². The summed E-state index contributed by atoms with van der Waals surface area (Å²) >= 11 is 0. The van der Waals surface area contributed by atoms with Crippen molar-refractivity contribution in [3.05, 3.63) is 17.5 Å². The molecule has 0 aromatic carbocycles. The topological polar surface area (TPSA) is 92.7 Å². The van der Waals surface area contributed by atoms with Crippen LogP contribution in [0.1, 0.15) is 44.4 Å². The molecule has 0 radical (unpaired) electrons. The average Bonchev–Trinajstić information content (AvgIpc) is 3.08. The molecule has 3 aliphatic rings.